The van der Waals surface area contributed by atoms with Crippen molar-refractivity contribution < 1.29 is 19.2 Å². The van der Waals surface area contributed by atoms with Gasteiger partial charge in [0.1, 0.15) is 11.7 Å². The third kappa shape index (κ3) is 4.23. The minimum atomic E-state index is -0.613. The van der Waals surface area contributed by atoms with Crippen LogP contribution in [0.4, 0.5) is 11.4 Å². The van der Waals surface area contributed by atoms with E-state index in [1.165, 1.54) is 6.07 Å². The average molecular weight is 465 g/mol. The minimum Gasteiger partial charge on any atom is -0.378 e. The molecule has 2 aromatic rings. The molecule has 5 rings (SSSR count). The van der Waals surface area contributed by atoms with E-state index in [2.05, 4.69) is 0 Å². The summed E-state index contributed by atoms with van der Waals surface area (Å²) in [6, 6.07) is 11.9. The van der Waals surface area contributed by atoms with Gasteiger partial charge in [-0.3, -0.25) is 19.7 Å². The summed E-state index contributed by atoms with van der Waals surface area (Å²) in [6.45, 7) is 3.85. The first kappa shape index (κ1) is 22.3. The maximum Gasteiger partial charge on any atom is 0.293 e. The number of fused-ring (bicyclic) bond motifs is 1. The number of nitrogens with zero attached hydrogens (tertiary/aromatic N) is 4. The molecule has 34 heavy (non-hydrogen) atoms. The number of benzene rings is 2. The predicted molar refractivity (Wildman–Crippen MR) is 126 cm³/mol. The van der Waals surface area contributed by atoms with Crippen molar-refractivity contribution in [1.29, 1.82) is 0 Å². The average Bonchev–Trinajstić information content (AvgIpc) is 3.42. The topological polar surface area (TPSA) is 96.2 Å². The molecule has 0 saturated carbocycles. The second kappa shape index (κ2) is 9.42. The Balaban J connectivity index is 1.48. The Morgan fingerprint density at radius 2 is 1.68 bits per heavy atom. The molecular formula is C25H28N4O5. The minimum absolute atomic E-state index is 0.0419. The molecule has 0 spiro atoms. The Hall–Kier alpha value is -3.46. The van der Waals surface area contributed by atoms with Crippen molar-refractivity contribution in [2.24, 2.45) is 0 Å². The summed E-state index contributed by atoms with van der Waals surface area (Å²) in [6.07, 6.45) is 2.39. The van der Waals surface area contributed by atoms with E-state index >= 15 is 0 Å². The molecule has 2 saturated heterocycles. The summed E-state index contributed by atoms with van der Waals surface area (Å²) >= 11 is 0. The van der Waals surface area contributed by atoms with Crippen LogP contribution >= 0.6 is 0 Å². The second-order valence-corrected chi connectivity index (χ2v) is 9.01. The number of nitro groups is 1. The number of likely N-dealkylation sites (tertiary alicyclic amines) is 1. The van der Waals surface area contributed by atoms with Gasteiger partial charge in [-0.05, 0) is 36.1 Å². The van der Waals surface area contributed by atoms with Gasteiger partial charge < -0.3 is 19.4 Å². The fourth-order valence-electron chi connectivity index (χ4n) is 5.15. The number of anilines is 1. The number of morpholine rings is 1. The van der Waals surface area contributed by atoms with Gasteiger partial charge in [0.2, 0.25) is 5.91 Å². The van der Waals surface area contributed by atoms with Gasteiger partial charge in [0, 0.05) is 50.8 Å². The maximum atomic E-state index is 13.7. The van der Waals surface area contributed by atoms with Crippen LogP contribution in [0.1, 0.15) is 34.3 Å². The third-order valence-electron chi connectivity index (χ3n) is 6.98. The van der Waals surface area contributed by atoms with Gasteiger partial charge in [0.15, 0.2) is 0 Å². The van der Waals surface area contributed by atoms with E-state index in [4.69, 9.17) is 4.74 Å². The molecule has 0 unspecified atom stereocenters. The standard InChI is InChI=1S/C25H28N4O5/c30-24(19-7-8-21(22(16-19)29(32)33)26-11-13-34-14-12-26)28-17-20-6-2-1-5-18(20)15-23(28)25(31)27-9-3-4-10-27/h1-2,5-8,16,23H,3-4,9-15,17H2/t23-/m0/s1. The summed E-state index contributed by atoms with van der Waals surface area (Å²) in [5, 5.41) is 11.9. The summed E-state index contributed by atoms with van der Waals surface area (Å²) < 4.78 is 5.36. The van der Waals surface area contributed by atoms with E-state index in [-0.39, 0.29) is 23.1 Å². The first-order valence-electron chi connectivity index (χ1n) is 11.8. The zero-order valence-corrected chi connectivity index (χ0v) is 19.0. The number of nitro benzene ring substituents is 1. The van der Waals surface area contributed by atoms with Crippen molar-refractivity contribution in [3.05, 3.63) is 69.3 Å². The molecule has 3 heterocycles. The zero-order chi connectivity index (χ0) is 23.7. The molecule has 0 bridgehead atoms. The van der Waals surface area contributed by atoms with Crippen LogP contribution in [-0.4, -0.2) is 72.0 Å². The first-order valence-corrected chi connectivity index (χ1v) is 11.8. The molecule has 2 fully saturated rings. The molecule has 0 radical (unpaired) electrons. The summed E-state index contributed by atoms with van der Waals surface area (Å²) in [5.74, 6) is -0.400. The summed E-state index contributed by atoms with van der Waals surface area (Å²) in [7, 11) is 0. The predicted octanol–water partition coefficient (Wildman–Crippen LogP) is 2.62. The highest BCUT2D eigenvalue weighted by molar-refractivity contribution is 5.99. The number of carbonyl (C=O) groups excluding carboxylic acids is 2. The van der Waals surface area contributed by atoms with E-state index < -0.39 is 11.0 Å². The molecular weight excluding hydrogens is 436 g/mol. The normalized spacial score (nSPS) is 20.2. The molecule has 3 aliphatic rings. The van der Waals surface area contributed by atoms with Gasteiger partial charge >= 0.3 is 0 Å². The quantitative estimate of drug-likeness (QED) is 0.510. The van der Waals surface area contributed by atoms with Gasteiger partial charge in [0.25, 0.3) is 11.6 Å². The molecule has 2 aromatic carbocycles. The van der Waals surface area contributed by atoms with E-state index in [1.54, 1.807) is 17.0 Å². The van der Waals surface area contributed by atoms with Gasteiger partial charge in [-0.1, -0.05) is 24.3 Å². The number of hydrogen-bond donors (Lipinski definition) is 0. The van der Waals surface area contributed by atoms with Crippen LogP contribution in [0.2, 0.25) is 0 Å². The van der Waals surface area contributed by atoms with Crippen LogP contribution in [0.25, 0.3) is 0 Å². The van der Waals surface area contributed by atoms with Crippen LogP contribution < -0.4 is 4.90 Å². The number of rotatable bonds is 4. The van der Waals surface area contributed by atoms with E-state index in [9.17, 15) is 19.7 Å². The molecule has 2 amide bonds. The Bertz CT molecular complexity index is 1110. The van der Waals surface area contributed by atoms with Crippen molar-refractivity contribution in [2.45, 2.75) is 31.8 Å². The Labute approximate surface area is 198 Å². The molecule has 3 aliphatic heterocycles. The molecule has 1 atom stereocenters. The van der Waals surface area contributed by atoms with Crippen LogP contribution in [0.15, 0.2) is 42.5 Å². The molecule has 0 N–H and O–H groups in total. The monoisotopic (exact) mass is 464 g/mol. The van der Waals surface area contributed by atoms with Crippen molar-refractivity contribution in [1.82, 2.24) is 9.80 Å². The smallest absolute Gasteiger partial charge is 0.293 e. The molecule has 9 nitrogen and oxygen atoms in total. The Kier molecular flexibility index (Phi) is 6.19. The van der Waals surface area contributed by atoms with E-state index in [0.717, 1.165) is 24.0 Å². The lowest BCUT2D eigenvalue weighted by atomic mass is 9.92. The van der Waals surface area contributed by atoms with Crippen molar-refractivity contribution in [3.63, 3.8) is 0 Å². The van der Waals surface area contributed by atoms with E-state index in [1.807, 2.05) is 34.1 Å². The first-order chi connectivity index (χ1) is 16.5. The Morgan fingerprint density at radius 1 is 0.971 bits per heavy atom. The lowest BCUT2D eigenvalue weighted by Gasteiger charge is -2.38. The highest BCUT2D eigenvalue weighted by Gasteiger charge is 2.38. The zero-order valence-electron chi connectivity index (χ0n) is 19.0. The number of ether oxygens (including phenoxy) is 1. The lowest BCUT2D eigenvalue weighted by molar-refractivity contribution is -0.384. The third-order valence-corrected chi connectivity index (χ3v) is 6.98. The van der Waals surface area contributed by atoms with Crippen LogP contribution in [-0.2, 0) is 22.5 Å². The molecule has 0 aliphatic carbocycles. The highest BCUT2D eigenvalue weighted by Crippen LogP contribution is 2.32. The SMILES string of the molecule is O=C([C@@H]1Cc2ccccc2CN1C(=O)c1ccc(N2CCOCC2)c([N+](=O)[O-])c1)N1CCCC1. The lowest BCUT2D eigenvalue weighted by Crippen LogP contribution is -2.53. The van der Waals surface area contributed by atoms with Crippen molar-refractivity contribution >= 4 is 23.2 Å². The van der Waals surface area contributed by atoms with Crippen molar-refractivity contribution in [3.8, 4) is 0 Å². The number of amides is 2. The Morgan fingerprint density at radius 3 is 2.38 bits per heavy atom. The maximum absolute atomic E-state index is 13.7. The molecule has 0 aromatic heterocycles. The van der Waals surface area contributed by atoms with Gasteiger partial charge in [-0.2, -0.15) is 0 Å². The second-order valence-electron chi connectivity index (χ2n) is 9.01. The molecule has 178 valence electrons. The van der Waals surface area contributed by atoms with Gasteiger partial charge in [0.05, 0.1) is 18.1 Å². The van der Waals surface area contributed by atoms with Gasteiger partial charge in [-0.25, -0.2) is 0 Å². The van der Waals surface area contributed by atoms with Crippen LogP contribution in [0, 0.1) is 10.1 Å². The largest absolute Gasteiger partial charge is 0.378 e. The fraction of sp³-hybridized carbons (Fsp3) is 0.440. The van der Waals surface area contributed by atoms with E-state index in [0.29, 0.717) is 58.0 Å². The van der Waals surface area contributed by atoms with Crippen LogP contribution in [0.5, 0.6) is 0 Å². The summed E-state index contributed by atoms with van der Waals surface area (Å²) in [5.41, 5.74) is 2.67. The number of hydrogen-bond acceptors (Lipinski definition) is 6. The van der Waals surface area contributed by atoms with Crippen LogP contribution in [0.3, 0.4) is 0 Å². The fourth-order valence-corrected chi connectivity index (χ4v) is 5.15. The van der Waals surface area contributed by atoms with Gasteiger partial charge in [-0.15, -0.1) is 0 Å². The number of carbonyl (C=O) groups is 2. The molecule has 9 heteroatoms. The highest BCUT2D eigenvalue weighted by atomic mass is 16.6. The summed E-state index contributed by atoms with van der Waals surface area (Å²) in [4.78, 5) is 43.9. The van der Waals surface area contributed by atoms with Crippen molar-refractivity contribution in [2.75, 3.05) is 44.3 Å².